The summed E-state index contributed by atoms with van der Waals surface area (Å²) in [4.78, 5) is 22.8. The largest absolute Gasteiger partial charge is 0.345 e. The Bertz CT molecular complexity index is 968. The van der Waals surface area contributed by atoms with Gasteiger partial charge in [0.05, 0.1) is 10.2 Å². The van der Waals surface area contributed by atoms with Crippen LogP contribution in [0.5, 0.6) is 0 Å². The highest BCUT2D eigenvalue weighted by Crippen LogP contribution is 2.33. The number of piperazine rings is 1. The van der Waals surface area contributed by atoms with Gasteiger partial charge in [0.2, 0.25) is 5.91 Å². The normalized spacial score (nSPS) is 14.6. The average Bonchev–Trinajstić information content (AvgIpc) is 3.17. The number of thioether (sulfide) groups is 1. The average molecular weight is 432 g/mol. The SMILES string of the molecule is Cc1c(Cl)ccc2sc(N3CCN(C(=O)CCSc4ccccc4)CC3)nc12. The first-order valence-electron chi connectivity index (χ1n) is 9.38. The third kappa shape index (κ3) is 4.29. The highest BCUT2D eigenvalue weighted by Gasteiger charge is 2.23. The molecule has 0 bridgehead atoms. The molecule has 28 heavy (non-hydrogen) atoms. The minimum Gasteiger partial charge on any atom is -0.345 e. The van der Waals surface area contributed by atoms with Gasteiger partial charge in [-0.15, -0.1) is 11.8 Å². The fourth-order valence-corrected chi connectivity index (χ4v) is 5.39. The summed E-state index contributed by atoms with van der Waals surface area (Å²) in [5.74, 6) is 1.07. The van der Waals surface area contributed by atoms with E-state index in [4.69, 9.17) is 16.6 Å². The Morgan fingerprint density at radius 2 is 1.89 bits per heavy atom. The summed E-state index contributed by atoms with van der Waals surface area (Å²) in [6.07, 6.45) is 0.582. The van der Waals surface area contributed by atoms with E-state index in [0.29, 0.717) is 6.42 Å². The smallest absolute Gasteiger partial charge is 0.223 e. The number of amides is 1. The molecule has 0 atom stereocenters. The molecule has 2 aromatic carbocycles. The molecule has 0 radical (unpaired) electrons. The van der Waals surface area contributed by atoms with E-state index in [0.717, 1.165) is 57.9 Å². The van der Waals surface area contributed by atoms with E-state index in [1.807, 2.05) is 42.2 Å². The lowest BCUT2D eigenvalue weighted by Gasteiger charge is -2.34. The molecule has 3 aromatic rings. The predicted molar refractivity (Wildman–Crippen MR) is 120 cm³/mol. The highest BCUT2D eigenvalue weighted by atomic mass is 35.5. The highest BCUT2D eigenvalue weighted by molar-refractivity contribution is 7.99. The van der Waals surface area contributed by atoms with E-state index >= 15 is 0 Å². The number of carbonyl (C=O) groups excluding carboxylic acids is 1. The van der Waals surface area contributed by atoms with E-state index in [-0.39, 0.29) is 5.91 Å². The van der Waals surface area contributed by atoms with E-state index < -0.39 is 0 Å². The standard InChI is InChI=1S/C21H22ClN3OS2/c1-15-17(22)7-8-18-20(15)23-21(28-18)25-12-10-24(11-13-25)19(26)9-14-27-16-5-3-2-4-6-16/h2-8H,9-14H2,1H3. The molecule has 0 saturated carbocycles. The van der Waals surface area contributed by atoms with Crippen LogP contribution in [-0.4, -0.2) is 47.7 Å². The third-order valence-corrected chi connectivity index (χ3v) is 7.47. The molecular formula is C21H22ClN3OS2. The van der Waals surface area contributed by atoms with Crippen molar-refractivity contribution in [3.63, 3.8) is 0 Å². The summed E-state index contributed by atoms with van der Waals surface area (Å²) in [6, 6.07) is 14.2. The van der Waals surface area contributed by atoms with E-state index in [9.17, 15) is 4.79 Å². The fraction of sp³-hybridized carbons (Fsp3) is 0.333. The number of carbonyl (C=O) groups is 1. The number of aryl methyl sites for hydroxylation is 1. The molecule has 4 nitrogen and oxygen atoms in total. The number of anilines is 1. The first-order valence-corrected chi connectivity index (χ1v) is 11.6. The molecule has 0 spiro atoms. The summed E-state index contributed by atoms with van der Waals surface area (Å²) in [5, 5.41) is 1.78. The van der Waals surface area contributed by atoms with Crippen molar-refractivity contribution >= 4 is 56.0 Å². The molecule has 4 rings (SSSR count). The van der Waals surface area contributed by atoms with Gasteiger partial charge in [-0.25, -0.2) is 4.98 Å². The number of halogens is 1. The zero-order valence-electron chi connectivity index (χ0n) is 15.7. The molecule has 1 amide bonds. The third-order valence-electron chi connectivity index (χ3n) is 4.97. The van der Waals surface area contributed by atoms with Crippen LogP contribution in [0.15, 0.2) is 47.4 Å². The summed E-state index contributed by atoms with van der Waals surface area (Å²) in [5.41, 5.74) is 2.02. The van der Waals surface area contributed by atoms with Crippen molar-refractivity contribution in [2.24, 2.45) is 0 Å². The Labute approximate surface area is 178 Å². The monoisotopic (exact) mass is 431 g/mol. The summed E-state index contributed by atoms with van der Waals surface area (Å²) < 4.78 is 1.16. The second-order valence-electron chi connectivity index (χ2n) is 6.79. The number of hydrogen-bond acceptors (Lipinski definition) is 5. The molecular weight excluding hydrogens is 410 g/mol. The summed E-state index contributed by atoms with van der Waals surface area (Å²) in [7, 11) is 0. The van der Waals surface area contributed by atoms with E-state index in [1.54, 1.807) is 23.1 Å². The van der Waals surface area contributed by atoms with Crippen molar-refractivity contribution in [2.75, 3.05) is 36.8 Å². The Balaban J connectivity index is 1.30. The molecule has 0 unspecified atom stereocenters. The van der Waals surface area contributed by atoms with Crippen LogP contribution in [0.3, 0.4) is 0 Å². The van der Waals surface area contributed by atoms with Crippen molar-refractivity contribution in [3.05, 3.63) is 53.1 Å². The molecule has 1 saturated heterocycles. The minimum atomic E-state index is 0.245. The maximum atomic E-state index is 12.5. The second-order valence-corrected chi connectivity index (χ2v) is 9.38. The second kappa shape index (κ2) is 8.72. The number of aromatic nitrogens is 1. The number of rotatable bonds is 5. The molecule has 2 heterocycles. The van der Waals surface area contributed by atoms with E-state index in [1.165, 1.54) is 4.90 Å². The lowest BCUT2D eigenvalue weighted by molar-refractivity contribution is -0.131. The maximum Gasteiger partial charge on any atom is 0.223 e. The predicted octanol–water partition coefficient (Wildman–Crippen LogP) is 5.09. The molecule has 0 N–H and O–H groups in total. The number of nitrogens with zero attached hydrogens (tertiary/aromatic N) is 3. The molecule has 1 aliphatic rings. The molecule has 1 fully saturated rings. The Kier molecular flexibility index (Phi) is 6.09. The van der Waals surface area contributed by atoms with Gasteiger partial charge in [-0.3, -0.25) is 4.79 Å². The van der Waals surface area contributed by atoms with Gasteiger partial charge in [-0.05, 0) is 36.8 Å². The van der Waals surface area contributed by atoms with Gasteiger partial charge in [0.1, 0.15) is 0 Å². The van der Waals surface area contributed by atoms with Gasteiger partial charge in [-0.1, -0.05) is 41.1 Å². The van der Waals surface area contributed by atoms with Gasteiger partial charge in [0, 0.05) is 48.3 Å². The molecule has 7 heteroatoms. The first kappa shape index (κ1) is 19.6. The maximum absolute atomic E-state index is 12.5. The van der Waals surface area contributed by atoms with Crippen molar-refractivity contribution in [2.45, 2.75) is 18.2 Å². The Morgan fingerprint density at radius 1 is 1.14 bits per heavy atom. The van der Waals surface area contributed by atoms with E-state index in [2.05, 4.69) is 17.0 Å². The molecule has 1 aromatic heterocycles. The van der Waals surface area contributed by atoms with Crippen LogP contribution in [0.25, 0.3) is 10.2 Å². The van der Waals surface area contributed by atoms with Crippen LogP contribution in [0.1, 0.15) is 12.0 Å². The zero-order valence-corrected chi connectivity index (χ0v) is 18.1. The van der Waals surface area contributed by atoms with Crippen LogP contribution in [-0.2, 0) is 4.79 Å². The number of thiazole rings is 1. The number of fused-ring (bicyclic) bond motifs is 1. The van der Waals surface area contributed by atoms with Gasteiger partial charge in [-0.2, -0.15) is 0 Å². The lowest BCUT2D eigenvalue weighted by Crippen LogP contribution is -2.48. The van der Waals surface area contributed by atoms with Crippen molar-refractivity contribution in [3.8, 4) is 0 Å². The zero-order chi connectivity index (χ0) is 19.5. The van der Waals surface area contributed by atoms with Crippen molar-refractivity contribution in [1.29, 1.82) is 0 Å². The summed E-state index contributed by atoms with van der Waals surface area (Å²) in [6.45, 7) is 5.17. The topological polar surface area (TPSA) is 36.4 Å². The van der Waals surface area contributed by atoms with Crippen molar-refractivity contribution < 1.29 is 4.79 Å². The first-order chi connectivity index (χ1) is 13.6. The van der Waals surface area contributed by atoms with Crippen LogP contribution in [0, 0.1) is 6.92 Å². The lowest BCUT2D eigenvalue weighted by atomic mass is 10.2. The van der Waals surface area contributed by atoms with Gasteiger partial charge >= 0.3 is 0 Å². The van der Waals surface area contributed by atoms with Gasteiger partial charge < -0.3 is 9.80 Å². The quantitative estimate of drug-likeness (QED) is 0.527. The van der Waals surface area contributed by atoms with Crippen LogP contribution >= 0.6 is 34.7 Å². The Morgan fingerprint density at radius 3 is 2.64 bits per heavy atom. The fourth-order valence-electron chi connectivity index (χ4n) is 3.30. The van der Waals surface area contributed by atoms with Gasteiger partial charge in [0.15, 0.2) is 5.13 Å². The van der Waals surface area contributed by atoms with Crippen LogP contribution < -0.4 is 4.90 Å². The molecule has 146 valence electrons. The van der Waals surface area contributed by atoms with Crippen LogP contribution in [0.2, 0.25) is 5.02 Å². The van der Waals surface area contributed by atoms with Crippen molar-refractivity contribution in [1.82, 2.24) is 9.88 Å². The minimum absolute atomic E-state index is 0.245. The molecule has 1 aliphatic heterocycles. The number of benzene rings is 2. The molecule has 0 aliphatic carbocycles. The number of hydrogen-bond donors (Lipinski definition) is 0. The summed E-state index contributed by atoms with van der Waals surface area (Å²) >= 11 is 9.66. The van der Waals surface area contributed by atoms with Gasteiger partial charge in [0.25, 0.3) is 0 Å². The van der Waals surface area contributed by atoms with Crippen LogP contribution in [0.4, 0.5) is 5.13 Å². The Hall–Kier alpha value is -1.76.